The summed E-state index contributed by atoms with van der Waals surface area (Å²) in [6.45, 7) is 6.77. The molecule has 1 aliphatic heterocycles. The smallest absolute Gasteiger partial charge is 0.0558 e. The molecule has 1 fully saturated rings. The first kappa shape index (κ1) is 9.36. The fraction of sp³-hybridized carbons (Fsp3) is 1.00. The lowest BCUT2D eigenvalue weighted by atomic mass is 10.2. The minimum atomic E-state index is 0.293. The predicted octanol–water partition coefficient (Wildman–Crippen LogP) is 0.804. The van der Waals surface area contributed by atoms with Gasteiger partial charge in [-0.3, -0.25) is 4.90 Å². The first-order valence-corrected chi connectivity index (χ1v) is 5.27. The summed E-state index contributed by atoms with van der Waals surface area (Å²) in [6, 6.07) is 0.626. The fourth-order valence-corrected chi connectivity index (χ4v) is 2.60. The third kappa shape index (κ3) is 2.36. The molecule has 0 aromatic rings. The van der Waals surface area contributed by atoms with Crippen molar-refractivity contribution in [2.24, 2.45) is 0 Å². The molecule has 1 heterocycles. The first-order chi connectivity index (χ1) is 5.25. The quantitative estimate of drug-likeness (QED) is 0.671. The van der Waals surface area contributed by atoms with E-state index in [2.05, 4.69) is 18.7 Å². The molecule has 0 radical (unpaired) electrons. The number of aliphatic hydroxyl groups excluding tert-OH is 1. The van der Waals surface area contributed by atoms with Crippen molar-refractivity contribution in [3.05, 3.63) is 0 Å². The van der Waals surface area contributed by atoms with E-state index in [0.717, 1.165) is 18.3 Å². The lowest BCUT2D eigenvalue weighted by molar-refractivity contribution is 0.161. The molecule has 1 aliphatic rings. The molecule has 0 saturated carbocycles. The van der Waals surface area contributed by atoms with E-state index in [4.69, 9.17) is 5.11 Å². The average molecular weight is 175 g/mol. The second-order valence-electron chi connectivity index (χ2n) is 3.08. The largest absolute Gasteiger partial charge is 0.395 e. The summed E-state index contributed by atoms with van der Waals surface area (Å²) >= 11 is 2.03. The van der Waals surface area contributed by atoms with Gasteiger partial charge < -0.3 is 5.11 Å². The molecule has 1 rings (SSSR count). The van der Waals surface area contributed by atoms with Crippen LogP contribution < -0.4 is 0 Å². The first-order valence-electron chi connectivity index (χ1n) is 4.22. The van der Waals surface area contributed by atoms with E-state index in [0.29, 0.717) is 12.6 Å². The molecule has 0 aromatic carbocycles. The Bertz CT molecular complexity index is 119. The Morgan fingerprint density at radius 2 is 2.27 bits per heavy atom. The van der Waals surface area contributed by atoms with Crippen LogP contribution in [0.4, 0.5) is 0 Å². The number of hydrogen-bond donors (Lipinski definition) is 1. The highest BCUT2D eigenvalue weighted by molar-refractivity contribution is 8.00. The maximum absolute atomic E-state index is 8.77. The van der Waals surface area contributed by atoms with Gasteiger partial charge in [0.05, 0.1) is 6.61 Å². The van der Waals surface area contributed by atoms with Crippen molar-refractivity contribution in [1.29, 1.82) is 0 Å². The van der Waals surface area contributed by atoms with Crippen molar-refractivity contribution >= 4 is 11.8 Å². The summed E-state index contributed by atoms with van der Waals surface area (Å²) in [6.07, 6.45) is 0. The molecule has 1 saturated heterocycles. The molecule has 1 N–H and O–H groups in total. The molecule has 0 bridgehead atoms. The molecule has 66 valence electrons. The highest BCUT2D eigenvalue weighted by Crippen LogP contribution is 2.23. The molecule has 2 nitrogen and oxygen atoms in total. The van der Waals surface area contributed by atoms with Gasteiger partial charge in [0.1, 0.15) is 0 Å². The van der Waals surface area contributed by atoms with Gasteiger partial charge in [0, 0.05) is 30.1 Å². The second kappa shape index (κ2) is 4.33. The van der Waals surface area contributed by atoms with Crippen LogP contribution in [-0.4, -0.2) is 46.7 Å². The van der Waals surface area contributed by atoms with Crippen molar-refractivity contribution < 1.29 is 5.11 Å². The Morgan fingerprint density at radius 1 is 1.55 bits per heavy atom. The Balaban J connectivity index is 2.38. The van der Waals surface area contributed by atoms with Gasteiger partial charge in [0.15, 0.2) is 0 Å². The van der Waals surface area contributed by atoms with Gasteiger partial charge in [0.2, 0.25) is 0 Å². The molecule has 11 heavy (non-hydrogen) atoms. The maximum Gasteiger partial charge on any atom is 0.0558 e. The zero-order valence-corrected chi connectivity index (χ0v) is 8.10. The van der Waals surface area contributed by atoms with Crippen molar-refractivity contribution in [2.45, 2.75) is 25.1 Å². The zero-order valence-electron chi connectivity index (χ0n) is 7.29. The van der Waals surface area contributed by atoms with Crippen LogP contribution >= 0.6 is 11.8 Å². The summed E-state index contributed by atoms with van der Waals surface area (Å²) in [5.74, 6) is 1.21. The van der Waals surface area contributed by atoms with Crippen molar-refractivity contribution in [1.82, 2.24) is 4.90 Å². The number of thioether (sulfide) groups is 1. The number of aliphatic hydroxyl groups is 1. The molecule has 0 aromatic heterocycles. The second-order valence-corrected chi connectivity index (χ2v) is 4.56. The Morgan fingerprint density at radius 3 is 2.91 bits per heavy atom. The van der Waals surface area contributed by atoms with Crippen molar-refractivity contribution in [2.75, 3.05) is 25.4 Å². The predicted molar refractivity (Wildman–Crippen MR) is 50.0 cm³/mol. The Hall–Kier alpha value is 0.270. The van der Waals surface area contributed by atoms with Crippen LogP contribution in [0.3, 0.4) is 0 Å². The van der Waals surface area contributed by atoms with Crippen LogP contribution in [0.25, 0.3) is 0 Å². The summed E-state index contributed by atoms with van der Waals surface area (Å²) in [5, 5.41) is 9.49. The summed E-state index contributed by atoms with van der Waals surface area (Å²) < 4.78 is 0. The summed E-state index contributed by atoms with van der Waals surface area (Å²) in [5.41, 5.74) is 0. The van der Waals surface area contributed by atoms with Crippen LogP contribution in [0.15, 0.2) is 0 Å². The van der Waals surface area contributed by atoms with Crippen molar-refractivity contribution in [3.8, 4) is 0 Å². The molecule has 2 atom stereocenters. The molecule has 0 amide bonds. The van der Waals surface area contributed by atoms with Gasteiger partial charge in [-0.15, -0.1) is 0 Å². The molecule has 0 spiro atoms. The SMILES string of the molecule is CC1SCCN(CCO)C1C. The lowest BCUT2D eigenvalue weighted by Crippen LogP contribution is -2.45. The Kier molecular flexibility index (Phi) is 3.69. The molecular weight excluding hydrogens is 158 g/mol. The summed E-state index contributed by atoms with van der Waals surface area (Å²) in [4.78, 5) is 2.36. The highest BCUT2D eigenvalue weighted by atomic mass is 32.2. The number of rotatable bonds is 2. The monoisotopic (exact) mass is 175 g/mol. The van der Waals surface area contributed by atoms with E-state index in [1.165, 1.54) is 5.75 Å². The van der Waals surface area contributed by atoms with Gasteiger partial charge in [-0.05, 0) is 6.92 Å². The Labute approximate surface area is 73.0 Å². The van der Waals surface area contributed by atoms with Crippen molar-refractivity contribution in [3.63, 3.8) is 0 Å². The van der Waals surface area contributed by atoms with Crippen LogP contribution in [0, 0.1) is 0 Å². The average Bonchev–Trinajstić information content (AvgIpc) is 1.99. The zero-order chi connectivity index (χ0) is 8.27. The highest BCUT2D eigenvalue weighted by Gasteiger charge is 2.23. The number of nitrogens with zero attached hydrogens (tertiary/aromatic N) is 1. The van der Waals surface area contributed by atoms with E-state index in [1.54, 1.807) is 0 Å². The van der Waals surface area contributed by atoms with E-state index in [1.807, 2.05) is 11.8 Å². The van der Waals surface area contributed by atoms with Gasteiger partial charge in [-0.2, -0.15) is 11.8 Å². The van der Waals surface area contributed by atoms with Gasteiger partial charge in [-0.25, -0.2) is 0 Å². The van der Waals surface area contributed by atoms with E-state index in [-0.39, 0.29) is 0 Å². The molecule has 0 aliphatic carbocycles. The van der Waals surface area contributed by atoms with E-state index >= 15 is 0 Å². The minimum Gasteiger partial charge on any atom is -0.395 e. The van der Waals surface area contributed by atoms with E-state index < -0.39 is 0 Å². The topological polar surface area (TPSA) is 23.5 Å². The van der Waals surface area contributed by atoms with E-state index in [9.17, 15) is 0 Å². The van der Waals surface area contributed by atoms with Crippen LogP contribution in [0.1, 0.15) is 13.8 Å². The maximum atomic E-state index is 8.77. The van der Waals surface area contributed by atoms with Gasteiger partial charge in [0.25, 0.3) is 0 Å². The van der Waals surface area contributed by atoms with Crippen LogP contribution in [0.5, 0.6) is 0 Å². The lowest BCUT2D eigenvalue weighted by Gasteiger charge is -2.36. The van der Waals surface area contributed by atoms with Gasteiger partial charge >= 0.3 is 0 Å². The van der Waals surface area contributed by atoms with Crippen LogP contribution in [-0.2, 0) is 0 Å². The third-order valence-electron chi connectivity index (χ3n) is 2.40. The summed E-state index contributed by atoms with van der Waals surface area (Å²) in [7, 11) is 0. The van der Waals surface area contributed by atoms with Gasteiger partial charge in [-0.1, -0.05) is 6.92 Å². The molecule has 3 heteroatoms. The molecular formula is C8H17NOS. The fourth-order valence-electron chi connectivity index (χ4n) is 1.44. The minimum absolute atomic E-state index is 0.293. The molecule has 2 unspecified atom stereocenters. The standard InChI is InChI=1S/C8H17NOS/c1-7-8(2)11-6-4-9(7)3-5-10/h7-8,10H,3-6H2,1-2H3. The third-order valence-corrected chi connectivity index (χ3v) is 3.74. The number of hydrogen-bond acceptors (Lipinski definition) is 3. The normalized spacial score (nSPS) is 34.1. The number of β-amino-alcohol motifs (C(OH)–C–C–N with tert-alkyl or cyclic N) is 1. The van der Waals surface area contributed by atoms with Crippen LogP contribution in [0.2, 0.25) is 0 Å².